The van der Waals surface area contributed by atoms with Crippen LogP contribution < -0.4 is 0 Å². The van der Waals surface area contributed by atoms with Gasteiger partial charge >= 0.3 is 6.16 Å². The maximum atomic E-state index is 12.8. The number of rotatable bonds is 3. The highest BCUT2D eigenvalue weighted by atomic mass is 32.5. The molecule has 0 aromatic carbocycles. The predicted octanol–water partition coefficient (Wildman–Crippen LogP) is 3.97. The first kappa shape index (κ1) is 18.3. The van der Waals surface area contributed by atoms with Crippen LogP contribution in [-0.4, -0.2) is 40.3 Å². The number of hydrogen-bond acceptors (Lipinski definition) is 5. The van der Waals surface area contributed by atoms with Gasteiger partial charge in [0.2, 0.25) is 0 Å². The van der Waals surface area contributed by atoms with E-state index in [1.54, 1.807) is 4.08 Å². The van der Waals surface area contributed by atoms with E-state index >= 15 is 0 Å². The van der Waals surface area contributed by atoms with E-state index in [1.807, 2.05) is 34.6 Å². The van der Waals surface area contributed by atoms with E-state index in [9.17, 15) is 9.18 Å². The zero-order valence-electron chi connectivity index (χ0n) is 12.7. The molecule has 0 atom stereocenters. The molecule has 0 aliphatic carbocycles. The molecule has 0 spiro atoms. The molecular weight excluding hydrogens is 322 g/mol. The maximum absolute atomic E-state index is 12.8. The van der Waals surface area contributed by atoms with Gasteiger partial charge in [-0.1, -0.05) is 13.8 Å². The Labute approximate surface area is 129 Å². The lowest BCUT2D eigenvalue weighted by atomic mass is 9.97. The minimum absolute atomic E-state index is 0.0989. The molecule has 1 rings (SSSR count). The van der Waals surface area contributed by atoms with Crippen molar-refractivity contribution < 1.29 is 18.2 Å². The minimum atomic E-state index is -2.75. The zero-order valence-corrected chi connectivity index (χ0v) is 15.2. The normalized spacial score (nSPS) is 21.8. The summed E-state index contributed by atoms with van der Waals surface area (Å²) in [6.45, 7) is 8.00. The average Bonchev–Trinajstić information content (AvgIpc) is 2.28. The van der Waals surface area contributed by atoms with Crippen LogP contribution in [0.4, 0.5) is 9.18 Å². The lowest BCUT2D eigenvalue weighted by Crippen LogP contribution is -2.41. The van der Waals surface area contributed by atoms with E-state index in [-0.39, 0.29) is 5.41 Å². The average molecular weight is 344 g/mol. The molecule has 1 amide bonds. The Hall–Kier alpha value is 0.280. The van der Waals surface area contributed by atoms with Crippen molar-refractivity contribution in [2.75, 3.05) is 20.3 Å². The summed E-state index contributed by atoms with van der Waals surface area (Å²) in [7, 11) is 1.35. The summed E-state index contributed by atoms with van der Waals surface area (Å²) in [5, 5.41) is 0. The lowest BCUT2D eigenvalue weighted by molar-refractivity contribution is 0.0450. The molecule has 1 fully saturated rings. The van der Waals surface area contributed by atoms with Gasteiger partial charge in [0.1, 0.15) is 0 Å². The second kappa shape index (κ2) is 6.18. The molecular formula is C11H22FN2O3PS2. The van der Waals surface area contributed by atoms with Crippen molar-refractivity contribution in [3.8, 4) is 0 Å². The Morgan fingerprint density at radius 3 is 2.15 bits per heavy atom. The molecule has 0 saturated carbocycles. The van der Waals surface area contributed by atoms with Crippen molar-refractivity contribution in [3.05, 3.63) is 0 Å². The van der Waals surface area contributed by atoms with Gasteiger partial charge in [-0.05, 0) is 32.6 Å². The van der Waals surface area contributed by atoms with Gasteiger partial charge < -0.3 is 9.05 Å². The molecule has 1 aliphatic rings. The third kappa shape index (κ3) is 4.64. The Balaban J connectivity index is 2.95. The van der Waals surface area contributed by atoms with Crippen molar-refractivity contribution in [1.29, 1.82) is 0 Å². The van der Waals surface area contributed by atoms with E-state index < -0.39 is 18.3 Å². The molecule has 1 heterocycles. The van der Waals surface area contributed by atoms with Gasteiger partial charge in [0.25, 0.3) is 6.64 Å². The highest BCUT2D eigenvalue weighted by molar-refractivity contribution is 8.15. The van der Waals surface area contributed by atoms with Gasteiger partial charge in [0.15, 0.2) is 0 Å². The van der Waals surface area contributed by atoms with Crippen molar-refractivity contribution in [2.24, 2.45) is 5.41 Å². The van der Waals surface area contributed by atoms with Crippen LogP contribution in [-0.2, 0) is 20.9 Å². The fourth-order valence-corrected chi connectivity index (χ4v) is 6.25. The van der Waals surface area contributed by atoms with Gasteiger partial charge in [0.05, 0.1) is 25.3 Å². The molecule has 5 nitrogen and oxygen atoms in total. The van der Waals surface area contributed by atoms with Crippen LogP contribution in [0.15, 0.2) is 0 Å². The second-order valence-electron chi connectivity index (χ2n) is 6.46. The summed E-state index contributed by atoms with van der Waals surface area (Å²) in [6.07, 6.45) is -1.54. The SMILES string of the molecule is CN(SN(C(C)(C)C)P1(=S)OCC(C)(C)CO1)C(=O)F. The first-order valence-electron chi connectivity index (χ1n) is 6.18. The van der Waals surface area contributed by atoms with E-state index in [1.165, 1.54) is 7.05 Å². The van der Waals surface area contributed by atoms with Crippen molar-refractivity contribution >= 4 is 36.7 Å². The smallest absolute Gasteiger partial charge is 0.317 e. The first-order chi connectivity index (χ1) is 8.87. The molecule has 0 aromatic rings. The van der Waals surface area contributed by atoms with E-state index in [0.29, 0.717) is 13.2 Å². The van der Waals surface area contributed by atoms with Gasteiger partial charge in [-0.15, -0.1) is 4.39 Å². The summed E-state index contributed by atoms with van der Waals surface area (Å²) < 4.78 is 27.0. The lowest BCUT2D eigenvalue weighted by Gasteiger charge is -2.46. The molecule has 0 bridgehead atoms. The molecule has 0 N–H and O–H groups in total. The zero-order chi connectivity index (χ0) is 15.8. The van der Waals surface area contributed by atoms with Crippen LogP contribution in [0, 0.1) is 5.41 Å². The van der Waals surface area contributed by atoms with Crippen molar-refractivity contribution in [1.82, 2.24) is 8.38 Å². The maximum Gasteiger partial charge on any atom is 0.410 e. The number of halogens is 1. The number of amides is 1. The van der Waals surface area contributed by atoms with Crippen molar-refractivity contribution in [3.63, 3.8) is 0 Å². The molecule has 0 radical (unpaired) electrons. The van der Waals surface area contributed by atoms with Gasteiger partial charge in [0, 0.05) is 18.0 Å². The number of carbonyl (C=O) groups excluding carboxylic acids is 1. The monoisotopic (exact) mass is 344 g/mol. The summed E-state index contributed by atoms with van der Waals surface area (Å²) >= 11 is 6.44. The summed E-state index contributed by atoms with van der Waals surface area (Å²) in [5.74, 6) is 0. The molecule has 118 valence electrons. The standard InChI is InChI=1S/C11H22FN2O3PS2/c1-10(2,3)14(20-13(6)9(12)15)18(19)16-7-11(4,5)8-17-18/h7-8H2,1-6H3. The second-order valence-corrected chi connectivity index (χ2v) is 11.0. The Kier molecular flexibility index (Phi) is 5.67. The van der Waals surface area contributed by atoms with E-state index in [4.69, 9.17) is 20.9 Å². The molecule has 0 aromatic heterocycles. The van der Waals surface area contributed by atoms with E-state index in [0.717, 1.165) is 16.4 Å². The minimum Gasteiger partial charge on any atom is -0.317 e. The largest absolute Gasteiger partial charge is 0.410 e. The van der Waals surface area contributed by atoms with Crippen molar-refractivity contribution in [2.45, 2.75) is 40.2 Å². The molecule has 1 saturated heterocycles. The molecule has 9 heteroatoms. The van der Waals surface area contributed by atoms with Gasteiger partial charge in [-0.25, -0.2) is 9.10 Å². The van der Waals surface area contributed by atoms with Crippen LogP contribution in [0.5, 0.6) is 0 Å². The van der Waals surface area contributed by atoms with Crippen LogP contribution in [0.2, 0.25) is 0 Å². The van der Waals surface area contributed by atoms with Gasteiger partial charge in [-0.2, -0.15) is 4.08 Å². The van der Waals surface area contributed by atoms with E-state index in [2.05, 4.69) is 0 Å². The molecule has 1 aliphatic heterocycles. The summed E-state index contributed by atoms with van der Waals surface area (Å²) in [6, 6.07) is 0. The topological polar surface area (TPSA) is 42.0 Å². The summed E-state index contributed by atoms with van der Waals surface area (Å²) in [5.41, 5.74) is -0.538. The fraction of sp³-hybridized carbons (Fsp3) is 0.909. The highest BCUT2D eigenvalue weighted by Crippen LogP contribution is 2.62. The number of nitrogens with zero attached hydrogens (tertiary/aromatic N) is 2. The highest BCUT2D eigenvalue weighted by Gasteiger charge is 2.44. The Morgan fingerprint density at radius 2 is 1.80 bits per heavy atom. The summed E-state index contributed by atoms with van der Waals surface area (Å²) in [4.78, 5) is 10.8. The third-order valence-electron chi connectivity index (χ3n) is 2.48. The van der Waals surface area contributed by atoms with Gasteiger partial charge in [-0.3, -0.25) is 0 Å². The van der Waals surface area contributed by atoms with Crippen LogP contribution >= 0.6 is 18.8 Å². The first-order valence-corrected chi connectivity index (χ1v) is 9.51. The predicted molar refractivity (Wildman–Crippen MR) is 83.4 cm³/mol. The molecule has 20 heavy (non-hydrogen) atoms. The Morgan fingerprint density at radius 1 is 1.35 bits per heavy atom. The van der Waals surface area contributed by atoms with Crippen LogP contribution in [0.25, 0.3) is 0 Å². The Bertz CT molecular complexity index is 414. The van der Waals surface area contributed by atoms with Crippen LogP contribution in [0.3, 0.4) is 0 Å². The van der Waals surface area contributed by atoms with Crippen LogP contribution in [0.1, 0.15) is 34.6 Å². The number of carbonyl (C=O) groups is 1. The number of hydrogen-bond donors (Lipinski definition) is 0. The molecule has 0 unspecified atom stereocenters. The fourth-order valence-electron chi connectivity index (χ4n) is 1.38. The third-order valence-corrected chi connectivity index (χ3v) is 7.82. The quantitative estimate of drug-likeness (QED) is 0.334.